The van der Waals surface area contributed by atoms with Crippen LogP contribution in [0, 0.1) is 0 Å². The molecule has 1 amide bonds. The molecule has 8 heteroatoms. The Hall–Kier alpha value is -3.03. The number of aliphatic hydroxyl groups is 1. The predicted octanol–water partition coefficient (Wildman–Crippen LogP) is 4.35. The summed E-state index contributed by atoms with van der Waals surface area (Å²) in [6.07, 6.45) is 1.56. The van der Waals surface area contributed by atoms with Crippen molar-refractivity contribution in [2.75, 3.05) is 26.9 Å². The lowest BCUT2D eigenvalue weighted by molar-refractivity contribution is -0.140. The van der Waals surface area contributed by atoms with E-state index in [9.17, 15) is 14.7 Å². The van der Waals surface area contributed by atoms with E-state index in [-0.39, 0.29) is 24.0 Å². The zero-order valence-corrected chi connectivity index (χ0v) is 19.3. The fraction of sp³-hybridized carbons (Fsp3) is 0.360. The minimum absolute atomic E-state index is 0.0102. The predicted molar refractivity (Wildman–Crippen MR) is 124 cm³/mol. The topological polar surface area (TPSA) is 85.3 Å². The van der Waals surface area contributed by atoms with Crippen molar-refractivity contribution in [2.45, 2.75) is 31.9 Å². The summed E-state index contributed by atoms with van der Waals surface area (Å²) in [4.78, 5) is 27.8. The molecule has 2 fully saturated rings. The van der Waals surface area contributed by atoms with Crippen LogP contribution in [-0.4, -0.2) is 54.7 Å². The van der Waals surface area contributed by atoms with Crippen LogP contribution in [-0.2, 0) is 14.3 Å². The highest BCUT2D eigenvalue weighted by Gasteiger charge is 2.47. The first-order valence-electron chi connectivity index (χ1n) is 10.9. The maximum absolute atomic E-state index is 13.2. The molecule has 7 nitrogen and oxygen atoms in total. The number of rotatable bonds is 7. The number of carbonyl (C=O) groups is 2. The molecule has 2 saturated heterocycles. The summed E-state index contributed by atoms with van der Waals surface area (Å²) in [6.45, 7) is 3.24. The number of carbonyl (C=O) groups excluding carboxylic acids is 2. The van der Waals surface area contributed by atoms with Gasteiger partial charge in [-0.05, 0) is 55.7 Å². The summed E-state index contributed by atoms with van der Waals surface area (Å²) in [5.41, 5.74) is 1.01. The van der Waals surface area contributed by atoms with Gasteiger partial charge in [-0.15, -0.1) is 0 Å². The van der Waals surface area contributed by atoms with Crippen LogP contribution in [0.15, 0.2) is 48.0 Å². The Bertz CT molecular complexity index is 1090. The number of ether oxygens (including phenoxy) is 3. The molecule has 0 aliphatic carbocycles. The highest BCUT2D eigenvalue weighted by Crippen LogP contribution is 2.41. The smallest absolute Gasteiger partial charge is 0.295 e. The van der Waals surface area contributed by atoms with Crippen LogP contribution in [0.1, 0.15) is 36.9 Å². The number of methoxy groups -OCH3 is 1. The van der Waals surface area contributed by atoms with Gasteiger partial charge in [0.25, 0.3) is 11.7 Å². The van der Waals surface area contributed by atoms with Gasteiger partial charge in [0.1, 0.15) is 17.3 Å². The first-order valence-corrected chi connectivity index (χ1v) is 11.3. The van der Waals surface area contributed by atoms with Crippen molar-refractivity contribution in [3.8, 4) is 11.5 Å². The van der Waals surface area contributed by atoms with Crippen molar-refractivity contribution in [3.05, 3.63) is 64.2 Å². The van der Waals surface area contributed by atoms with E-state index in [0.717, 1.165) is 12.8 Å². The first kappa shape index (κ1) is 23.1. The van der Waals surface area contributed by atoms with Crippen molar-refractivity contribution in [1.29, 1.82) is 0 Å². The second-order valence-corrected chi connectivity index (χ2v) is 8.35. The van der Waals surface area contributed by atoms with E-state index in [1.807, 2.05) is 19.1 Å². The minimum Gasteiger partial charge on any atom is -0.507 e. The lowest BCUT2D eigenvalue weighted by Gasteiger charge is -2.27. The van der Waals surface area contributed by atoms with Gasteiger partial charge in [-0.2, -0.15) is 0 Å². The highest BCUT2D eigenvalue weighted by atomic mass is 35.5. The third-order valence-electron chi connectivity index (χ3n) is 5.87. The summed E-state index contributed by atoms with van der Waals surface area (Å²) >= 11 is 6.12. The number of hydrogen-bond acceptors (Lipinski definition) is 6. The van der Waals surface area contributed by atoms with Gasteiger partial charge < -0.3 is 24.2 Å². The van der Waals surface area contributed by atoms with E-state index in [0.29, 0.717) is 40.9 Å². The Morgan fingerprint density at radius 2 is 2.06 bits per heavy atom. The first-order chi connectivity index (χ1) is 15.9. The number of nitrogens with zero attached hydrogens (tertiary/aromatic N) is 1. The molecule has 0 spiro atoms. The molecule has 2 aromatic carbocycles. The molecule has 33 heavy (non-hydrogen) atoms. The molecular weight excluding hydrogens is 446 g/mol. The van der Waals surface area contributed by atoms with Gasteiger partial charge in [0.15, 0.2) is 0 Å². The second kappa shape index (κ2) is 9.85. The van der Waals surface area contributed by atoms with E-state index >= 15 is 0 Å². The monoisotopic (exact) mass is 471 g/mol. The average molecular weight is 472 g/mol. The molecule has 1 N–H and O–H groups in total. The molecule has 174 valence electrons. The zero-order chi connectivity index (χ0) is 23.5. The summed E-state index contributed by atoms with van der Waals surface area (Å²) in [5.74, 6) is -0.731. The Labute approximate surface area is 197 Å². The van der Waals surface area contributed by atoms with Crippen LogP contribution in [0.3, 0.4) is 0 Å². The minimum atomic E-state index is -0.781. The van der Waals surface area contributed by atoms with Crippen molar-refractivity contribution in [3.63, 3.8) is 0 Å². The van der Waals surface area contributed by atoms with E-state index in [4.69, 9.17) is 25.8 Å². The summed E-state index contributed by atoms with van der Waals surface area (Å²) in [7, 11) is 1.46. The number of aliphatic hydroxyl groups excluding tert-OH is 1. The normalized spacial score (nSPS) is 22.1. The molecule has 2 heterocycles. The molecule has 0 bridgehead atoms. The van der Waals surface area contributed by atoms with Gasteiger partial charge in [-0.3, -0.25) is 9.59 Å². The van der Waals surface area contributed by atoms with E-state index in [1.165, 1.54) is 12.0 Å². The third-order valence-corrected chi connectivity index (χ3v) is 6.19. The number of amides is 1. The number of hydrogen-bond donors (Lipinski definition) is 1. The Balaban J connectivity index is 1.84. The molecule has 4 rings (SSSR count). The van der Waals surface area contributed by atoms with Crippen molar-refractivity contribution >= 4 is 29.1 Å². The molecule has 2 unspecified atom stereocenters. The molecule has 2 atom stereocenters. The van der Waals surface area contributed by atoms with Crippen LogP contribution >= 0.6 is 11.6 Å². The molecule has 0 saturated carbocycles. The van der Waals surface area contributed by atoms with E-state index in [1.54, 1.807) is 30.3 Å². The fourth-order valence-corrected chi connectivity index (χ4v) is 4.52. The fourth-order valence-electron chi connectivity index (χ4n) is 4.33. The van der Waals surface area contributed by atoms with Crippen LogP contribution < -0.4 is 9.47 Å². The van der Waals surface area contributed by atoms with Crippen LogP contribution in [0.5, 0.6) is 11.5 Å². The highest BCUT2D eigenvalue weighted by molar-refractivity contribution is 6.46. The standard InChI is InChI=1S/C25H26ClNO6/c1-3-32-17-7-4-6-15(12-17)22-21(23(28)16-9-10-19(26)20(13-16)31-2)24(29)25(30)27(22)14-18-8-5-11-33-18/h4,6-7,9-10,12-13,18,22,28H,3,5,8,11,14H2,1-2H3/b23-21-. The molecular formula is C25H26ClNO6. The summed E-state index contributed by atoms with van der Waals surface area (Å²) < 4.78 is 16.6. The quantitative estimate of drug-likeness (QED) is 0.367. The maximum Gasteiger partial charge on any atom is 0.295 e. The number of Topliss-reactive ketones (excluding diaryl/α,β-unsaturated/α-hetero) is 1. The van der Waals surface area contributed by atoms with Gasteiger partial charge in [-0.25, -0.2) is 0 Å². The van der Waals surface area contributed by atoms with Crippen molar-refractivity contribution in [1.82, 2.24) is 4.90 Å². The van der Waals surface area contributed by atoms with Crippen LogP contribution in [0.4, 0.5) is 0 Å². The lowest BCUT2D eigenvalue weighted by Crippen LogP contribution is -2.36. The third kappa shape index (κ3) is 4.56. The van der Waals surface area contributed by atoms with Crippen LogP contribution in [0.2, 0.25) is 5.02 Å². The molecule has 0 aromatic heterocycles. The van der Waals surface area contributed by atoms with E-state index < -0.39 is 17.7 Å². The number of benzene rings is 2. The Kier molecular flexibility index (Phi) is 6.91. The zero-order valence-electron chi connectivity index (χ0n) is 18.5. The molecule has 0 radical (unpaired) electrons. The summed E-state index contributed by atoms with van der Waals surface area (Å²) in [6, 6.07) is 11.1. The average Bonchev–Trinajstić information content (AvgIpc) is 3.42. The number of ketones is 1. The van der Waals surface area contributed by atoms with Crippen molar-refractivity contribution in [2.24, 2.45) is 0 Å². The number of halogens is 1. The SMILES string of the molecule is CCOc1cccc(C2/C(=C(/O)c3ccc(Cl)c(OC)c3)C(=O)C(=O)N2CC2CCCO2)c1. The second-order valence-electron chi connectivity index (χ2n) is 7.94. The Morgan fingerprint density at radius 3 is 2.76 bits per heavy atom. The lowest BCUT2D eigenvalue weighted by atomic mass is 9.95. The van der Waals surface area contributed by atoms with Crippen LogP contribution in [0.25, 0.3) is 5.76 Å². The largest absolute Gasteiger partial charge is 0.507 e. The van der Waals surface area contributed by atoms with Gasteiger partial charge in [-0.1, -0.05) is 23.7 Å². The maximum atomic E-state index is 13.2. The van der Waals surface area contributed by atoms with E-state index in [2.05, 4.69) is 0 Å². The van der Waals surface area contributed by atoms with Gasteiger partial charge >= 0.3 is 0 Å². The van der Waals surface area contributed by atoms with Gasteiger partial charge in [0.2, 0.25) is 0 Å². The Morgan fingerprint density at radius 1 is 1.24 bits per heavy atom. The summed E-state index contributed by atoms with van der Waals surface area (Å²) in [5, 5.41) is 11.6. The number of likely N-dealkylation sites (tertiary alicyclic amines) is 1. The molecule has 2 aliphatic rings. The van der Waals surface area contributed by atoms with Gasteiger partial charge in [0, 0.05) is 18.7 Å². The van der Waals surface area contributed by atoms with Crippen molar-refractivity contribution < 1.29 is 28.9 Å². The molecule has 2 aromatic rings. The van der Waals surface area contributed by atoms with Gasteiger partial charge in [0.05, 0.1) is 36.5 Å². The molecule has 2 aliphatic heterocycles.